The van der Waals surface area contributed by atoms with Gasteiger partial charge >= 0.3 is 5.97 Å². The average molecular weight is 202 g/mol. The number of carbonyl (C=O) groups excluding carboxylic acids is 1. The van der Waals surface area contributed by atoms with E-state index >= 15 is 0 Å². The van der Waals surface area contributed by atoms with Crippen LogP contribution >= 0.6 is 0 Å². The third-order valence-electron chi connectivity index (χ3n) is 2.68. The minimum absolute atomic E-state index is 0.0577. The SMILES string of the molecule is C=CCC1Cc2ccc(C)cc2OC1=O. The fourth-order valence-corrected chi connectivity index (χ4v) is 1.85. The maximum atomic E-state index is 11.6. The zero-order chi connectivity index (χ0) is 10.8. The van der Waals surface area contributed by atoms with E-state index in [1.807, 2.05) is 25.1 Å². The van der Waals surface area contributed by atoms with Crippen molar-refractivity contribution < 1.29 is 9.53 Å². The van der Waals surface area contributed by atoms with Gasteiger partial charge in [-0.1, -0.05) is 18.2 Å². The quantitative estimate of drug-likeness (QED) is 0.418. The summed E-state index contributed by atoms with van der Waals surface area (Å²) < 4.78 is 5.29. The van der Waals surface area contributed by atoms with E-state index in [4.69, 9.17) is 4.74 Å². The largest absolute Gasteiger partial charge is 0.426 e. The zero-order valence-electron chi connectivity index (χ0n) is 8.82. The molecular weight excluding hydrogens is 188 g/mol. The molecule has 0 bridgehead atoms. The number of ether oxygens (including phenoxy) is 1. The fraction of sp³-hybridized carbons (Fsp3) is 0.308. The number of allylic oxidation sites excluding steroid dienone is 1. The fourth-order valence-electron chi connectivity index (χ4n) is 1.85. The molecule has 2 heteroatoms. The summed E-state index contributed by atoms with van der Waals surface area (Å²) in [5, 5.41) is 0. The molecule has 1 aromatic rings. The Kier molecular flexibility index (Phi) is 2.58. The van der Waals surface area contributed by atoms with Crippen LogP contribution in [0.3, 0.4) is 0 Å². The summed E-state index contributed by atoms with van der Waals surface area (Å²) in [6.07, 6.45) is 3.22. The maximum absolute atomic E-state index is 11.6. The van der Waals surface area contributed by atoms with E-state index in [0.29, 0.717) is 6.42 Å². The summed E-state index contributed by atoms with van der Waals surface area (Å²) in [4.78, 5) is 11.6. The van der Waals surface area contributed by atoms with Gasteiger partial charge in [-0.25, -0.2) is 0 Å². The highest BCUT2D eigenvalue weighted by Gasteiger charge is 2.27. The summed E-state index contributed by atoms with van der Waals surface area (Å²) in [5.41, 5.74) is 2.23. The van der Waals surface area contributed by atoms with Gasteiger partial charge in [0.25, 0.3) is 0 Å². The monoisotopic (exact) mass is 202 g/mol. The molecule has 1 heterocycles. The topological polar surface area (TPSA) is 26.3 Å². The molecule has 0 N–H and O–H groups in total. The Morgan fingerprint density at radius 3 is 3.13 bits per heavy atom. The van der Waals surface area contributed by atoms with Crippen molar-refractivity contribution in [3.63, 3.8) is 0 Å². The first-order chi connectivity index (χ1) is 7.20. The lowest BCUT2D eigenvalue weighted by atomic mass is 9.93. The van der Waals surface area contributed by atoms with Crippen LogP contribution in [-0.2, 0) is 11.2 Å². The summed E-state index contributed by atoms with van der Waals surface area (Å²) in [6, 6.07) is 5.99. The first kappa shape index (κ1) is 9.97. The Hall–Kier alpha value is -1.57. The number of carbonyl (C=O) groups is 1. The van der Waals surface area contributed by atoms with E-state index in [9.17, 15) is 4.79 Å². The molecule has 2 rings (SSSR count). The van der Waals surface area contributed by atoms with Gasteiger partial charge in [-0.2, -0.15) is 0 Å². The van der Waals surface area contributed by atoms with Crippen LogP contribution in [0.1, 0.15) is 17.5 Å². The minimum atomic E-state index is -0.131. The van der Waals surface area contributed by atoms with Gasteiger partial charge in [0.05, 0.1) is 5.92 Å². The number of rotatable bonds is 2. The summed E-state index contributed by atoms with van der Waals surface area (Å²) >= 11 is 0. The Morgan fingerprint density at radius 1 is 1.60 bits per heavy atom. The van der Waals surface area contributed by atoms with Crippen LogP contribution in [0.4, 0.5) is 0 Å². The Labute approximate surface area is 89.6 Å². The molecule has 1 aliphatic heterocycles. The van der Waals surface area contributed by atoms with Crippen molar-refractivity contribution in [3.05, 3.63) is 42.0 Å². The van der Waals surface area contributed by atoms with Gasteiger partial charge in [0, 0.05) is 0 Å². The summed E-state index contributed by atoms with van der Waals surface area (Å²) in [7, 11) is 0. The van der Waals surface area contributed by atoms with Crippen molar-refractivity contribution in [2.24, 2.45) is 5.92 Å². The standard InChI is InChI=1S/C13H14O2/c1-3-4-11-8-10-6-5-9(2)7-12(10)15-13(11)14/h3,5-7,11H,1,4,8H2,2H3. The number of hydrogen-bond acceptors (Lipinski definition) is 2. The van der Waals surface area contributed by atoms with Crippen LogP contribution < -0.4 is 4.74 Å². The molecule has 1 aromatic carbocycles. The second kappa shape index (κ2) is 3.89. The Bertz CT molecular complexity index is 407. The number of aryl methyl sites for hydroxylation is 1. The normalized spacial score (nSPS) is 19.3. The highest BCUT2D eigenvalue weighted by Crippen LogP contribution is 2.30. The van der Waals surface area contributed by atoms with Crippen LogP contribution in [0, 0.1) is 12.8 Å². The number of esters is 1. The maximum Gasteiger partial charge on any atom is 0.314 e. The predicted octanol–water partition coefficient (Wildman–Crippen LogP) is 2.65. The first-order valence-corrected chi connectivity index (χ1v) is 5.13. The molecule has 1 unspecified atom stereocenters. The molecule has 1 aliphatic rings. The smallest absolute Gasteiger partial charge is 0.314 e. The molecule has 0 saturated carbocycles. The lowest BCUT2D eigenvalue weighted by molar-refractivity contribution is -0.140. The molecule has 0 spiro atoms. The van der Waals surface area contributed by atoms with Crippen LogP contribution in [0.15, 0.2) is 30.9 Å². The van der Waals surface area contributed by atoms with Gasteiger partial charge in [0.2, 0.25) is 0 Å². The molecule has 1 atom stereocenters. The summed E-state index contributed by atoms with van der Waals surface area (Å²) in [5.74, 6) is 0.533. The second-order valence-electron chi connectivity index (χ2n) is 3.96. The number of benzene rings is 1. The third kappa shape index (κ3) is 1.94. The van der Waals surface area contributed by atoms with Crippen molar-refractivity contribution in [1.29, 1.82) is 0 Å². The van der Waals surface area contributed by atoms with Crippen LogP contribution in [-0.4, -0.2) is 5.97 Å². The molecule has 15 heavy (non-hydrogen) atoms. The number of fused-ring (bicyclic) bond motifs is 1. The van der Waals surface area contributed by atoms with E-state index in [2.05, 4.69) is 6.58 Å². The van der Waals surface area contributed by atoms with Gasteiger partial charge in [0.15, 0.2) is 0 Å². The van der Waals surface area contributed by atoms with Crippen molar-refractivity contribution in [3.8, 4) is 5.75 Å². The molecule has 0 aromatic heterocycles. The van der Waals surface area contributed by atoms with Crippen molar-refractivity contribution in [2.75, 3.05) is 0 Å². The molecule has 0 amide bonds. The van der Waals surface area contributed by atoms with E-state index in [-0.39, 0.29) is 11.9 Å². The Balaban J connectivity index is 2.29. The van der Waals surface area contributed by atoms with Crippen molar-refractivity contribution in [1.82, 2.24) is 0 Å². The van der Waals surface area contributed by atoms with Crippen molar-refractivity contribution in [2.45, 2.75) is 19.8 Å². The van der Waals surface area contributed by atoms with Gasteiger partial charge in [0.1, 0.15) is 5.75 Å². The molecule has 78 valence electrons. The highest BCUT2D eigenvalue weighted by atomic mass is 16.5. The minimum Gasteiger partial charge on any atom is -0.426 e. The van der Waals surface area contributed by atoms with Gasteiger partial charge in [-0.05, 0) is 37.0 Å². The third-order valence-corrected chi connectivity index (χ3v) is 2.68. The lowest BCUT2D eigenvalue weighted by Crippen LogP contribution is -2.27. The van der Waals surface area contributed by atoms with Gasteiger partial charge < -0.3 is 4.74 Å². The van der Waals surface area contributed by atoms with E-state index in [1.165, 1.54) is 0 Å². The zero-order valence-corrected chi connectivity index (χ0v) is 8.82. The lowest BCUT2D eigenvalue weighted by Gasteiger charge is -2.22. The molecule has 0 aliphatic carbocycles. The van der Waals surface area contributed by atoms with E-state index in [1.54, 1.807) is 6.08 Å². The van der Waals surface area contributed by atoms with Crippen LogP contribution in [0.25, 0.3) is 0 Å². The predicted molar refractivity (Wildman–Crippen MR) is 58.8 cm³/mol. The van der Waals surface area contributed by atoms with Gasteiger partial charge in [-0.15, -0.1) is 6.58 Å². The Morgan fingerprint density at radius 2 is 2.40 bits per heavy atom. The average Bonchev–Trinajstić information content (AvgIpc) is 2.20. The number of hydrogen-bond donors (Lipinski definition) is 0. The first-order valence-electron chi connectivity index (χ1n) is 5.13. The molecular formula is C13H14O2. The van der Waals surface area contributed by atoms with E-state index < -0.39 is 0 Å². The second-order valence-corrected chi connectivity index (χ2v) is 3.96. The van der Waals surface area contributed by atoms with E-state index in [0.717, 1.165) is 23.3 Å². The summed E-state index contributed by atoms with van der Waals surface area (Å²) in [6.45, 7) is 5.64. The highest BCUT2D eigenvalue weighted by molar-refractivity contribution is 5.78. The van der Waals surface area contributed by atoms with Crippen molar-refractivity contribution >= 4 is 5.97 Å². The van der Waals surface area contributed by atoms with Gasteiger partial charge in [-0.3, -0.25) is 4.79 Å². The molecule has 2 nitrogen and oxygen atoms in total. The molecule has 0 fully saturated rings. The van der Waals surface area contributed by atoms with Crippen LogP contribution in [0.5, 0.6) is 5.75 Å². The molecule has 0 radical (unpaired) electrons. The molecule has 0 saturated heterocycles. The van der Waals surface area contributed by atoms with Crippen LogP contribution in [0.2, 0.25) is 0 Å².